The monoisotopic (exact) mass is 670 g/mol. The number of nitrogens with one attached hydrogen (secondary N) is 2. The predicted octanol–water partition coefficient (Wildman–Crippen LogP) is 5.54. The van der Waals surface area contributed by atoms with Gasteiger partial charge in [0.05, 0.1) is 41.5 Å². The highest BCUT2D eigenvalue weighted by molar-refractivity contribution is 6.12. The molecule has 0 radical (unpaired) electrons. The van der Waals surface area contributed by atoms with Crippen molar-refractivity contribution in [3.63, 3.8) is 0 Å². The molecular weight excluding hydrogens is 632 g/mol. The fourth-order valence-corrected chi connectivity index (χ4v) is 7.17. The van der Waals surface area contributed by atoms with Crippen LogP contribution in [-0.4, -0.2) is 58.9 Å². The third-order valence-corrected chi connectivity index (χ3v) is 10.3. The molecule has 1 saturated heterocycles. The van der Waals surface area contributed by atoms with Crippen LogP contribution in [0.3, 0.4) is 0 Å². The van der Waals surface area contributed by atoms with Crippen molar-refractivity contribution < 1.29 is 23.9 Å². The van der Waals surface area contributed by atoms with Gasteiger partial charge < -0.3 is 25.2 Å². The molecule has 2 aromatic carbocycles. The molecule has 2 N–H and O–H groups in total. The fourth-order valence-electron chi connectivity index (χ4n) is 7.17. The number of amides is 4. The molecule has 2 saturated carbocycles. The van der Waals surface area contributed by atoms with Crippen LogP contribution in [0.1, 0.15) is 77.1 Å². The molecule has 3 fully saturated rings. The van der Waals surface area contributed by atoms with E-state index in [1.54, 1.807) is 42.9 Å². The Balaban J connectivity index is 0.000000144. The van der Waals surface area contributed by atoms with Gasteiger partial charge in [0.2, 0.25) is 11.8 Å². The summed E-state index contributed by atoms with van der Waals surface area (Å²) in [6.45, 7) is 6.83. The molecule has 2 aromatic heterocycles. The van der Waals surface area contributed by atoms with Crippen LogP contribution in [-0.2, 0) is 25.2 Å². The Morgan fingerprint density at radius 3 is 1.90 bits per heavy atom. The van der Waals surface area contributed by atoms with Crippen molar-refractivity contribution in [2.75, 3.05) is 33.6 Å². The van der Waals surface area contributed by atoms with E-state index in [9.17, 15) is 19.2 Å². The van der Waals surface area contributed by atoms with Crippen molar-refractivity contribution in [1.29, 1.82) is 0 Å². The number of hydrogen-bond donors (Lipinski definition) is 2. The van der Waals surface area contributed by atoms with Crippen molar-refractivity contribution in [3.05, 3.63) is 107 Å². The number of pyridine rings is 2. The molecule has 11 nitrogen and oxygen atoms in total. The summed E-state index contributed by atoms with van der Waals surface area (Å²) in [5.74, 6) is -0.0232. The van der Waals surface area contributed by atoms with Gasteiger partial charge in [-0.05, 0) is 106 Å². The van der Waals surface area contributed by atoms with Crippen LogP contribution in [0.5, 0.6) is 0 Å². The number of rotatable bonds is 6. The Morgan fingerprint density at radius 2 is 1.32 bits per heavy atom. The highest BCUT2D eigenvalue weighted by Crippen LogP contribution is 2.59. The highest BCUT2D eigenvalue weighted by atomic mass is 16.5. The molecule has 5 heterocycles. The number of benzene rings is 2. The van der Waals surface area contributed by atoms with Crippen molar-refractivity contribution in [3.8, 4) is 0 Å². The number of aryl methyl sites for hydroxylation is 1. The van der Waals surface area contributed by atoms with Gasteiger partial charge in [0.1, 0.15) is 0 Å². The number of aromatic nitrogens is 2. The Hall–Kier alpha value is -5.42. The lowest BCUT2D eigenvalue weighted by atomic mass is 9.86. The van der Waals surface area contributed by atoms with Gasteiger partial charge in [-0.1, -0.05) is 12.1 Å². The van der Waals surface area contributed by atoms with E-state index in [0.29, 0.717) is 36.1 Å². The first kappa shape index (κ1) is 31.8. The summed E-state index contributed by atoms with van der Waals surface area (Å²) in [4.78, 5) is 62.4. The lowest BCUT2D eigenvalue weighted by Crippen LogP contribution is -2.52. The van der Waals surface area contributed by atoms with Gasteiger partial charge in [0.25, 0.3) is 11.8 Å². The number of carbonyl (C=O) groups excluding carboxylic acids is 4. The first-order chi connectivity index (χ1) is 24.1. The third kappa shape index (κ3) is 5.42. The Bertz CT molecular complexity index is 2050. The minimum Gasteiger partial charge on any atom is -0.377 e. The smallest absolute Gasteiger partial charge is 0.255 e. The maximum Gasteiger partial charge on any atom is 0.255 e. The van der Waals surface area contributed by atoms with Crippen molar-refractivity contribution in [2.45, 2.75) is 69.4 Å². The van der Waals surface area contributed by atoms with Crippen LogP contribution in [0.15, 0.2) is 79.3 Å². The van der Waals surface area contributed by atoms with Gasteiger partial charge in [-0.15, -0.1) is 0 Å². The molecule has 5 aliphatic rings. The normalized spacial score (nSPS) is 19.3. The third-order valence-electron chi connectivity index (χ3n) is 10.3. The first-order valence-electron chi connectivity index (χ1n) is 17.1. The molecule has 0 unspecified atom stereocenters. The predicted molar refractivity (Wildman–Crippen MR) is 189 cm³/mol. The van der Waals surface area contributed by atoms with Crippen LogP contribution in [0.4, 0.5) is 22.7 Å². The quantitative estimate of drug-likeness (QED) is 0.275. The molecule has 4 aromatic rings. The van der Waals surface area contributed by atoms with Crippen LogP contribution in [0, 0.1) is 6.92 Å². The van der Waals surface area contributed by atoms with Gasteiger partial charge in [0, 0.05) is 52.8 Å². The second-order valence-electron chi connectivity index (χ2n) is 14.3. The van der Waals surface area contributed by atoms with E-state index in [1.807, 2.05) is 67.0 Å². The number of anilines is 4. The van der Waals surface area contributed by atoms with E-state index in [2.05, 4.69) is 20.6 Å². The minimum atomic E-state index is -0.571. The maximum absolute atomic E-state index is 12.9. The summed E-state index contributed by atoms with van der Waals surface area (Å²) >= 11 is 0. The molecule has 11 heteroatoms. The average Bonchev–Trinajstić information content (AvgIpc) is 4.02. The summed E-state index contributed by atoms with van der Waals surface area (Å²) in [7, 11) is 0. The molecule has 1 spiro atoms. The second kappa shape index (κ2) is 11.9. The summed E-state index contributed by atoms with van der Waals surface area (Å²) in [5.41, 5.74) is 6.46. The summed E-state index contributed by atoms with van der Waals surface area (Å²) < 4.78 is 5.26. The number of hydrogen-bond acceptors (Lipinski definition) is 7. The summed E-state index contributed by atoms with van der Waals surface area (Å²) in [6, 6.07) is 18.7. The molecule has 4 amide bonds. The van der Waals surface area contributed by atoms with E-state index in [-0.39, 0.29) is 35.1 Å². The van der Waals surface area contributed by atoms with E-state index in [0.717, 1.165) is 59.6 Å². The van der Waals surface area contributed by atoms with E-state index in [4.69, 9.17) is 4.74 Å². The summed E-state index contributed by atoms with van der Waals surface area (Å²) in [6.07, 6.45) is 8.85. The molecule has 9 rings (SSSR count). The molecule has 3 aliphatic heterocycles. The minimum absolute atomic E-state index is 0.0687. The zero-order valence-corrected chi connectivity index (χ0v) is 28.2. The molecule has 0 atom stereocenters. The Labute approximate surface area is 290 Å². The number of ether oxygens (including phenoxy) is 1. The zero-order chi connectivity index (χ0) is 34.8. The van der Waals surface area contributed by atoms with E-state index in [1.165, 1.54) is 0 Å². The summed E-state index contributed by atoms with van der Waals surface area (Å²) in [5, 5.41) is 5.84. The van der Waals surface area contributed by atoms with Crippen LogP contribution in [0.25, 0.3) is 0 Å². The number of fused-ring (bicyclic) bond motifs is 3. The number of carbonyl (C=O) groups is 4. The second-order valence-corrected chi connectivity index (χ2v) is 14.3. The van der Waals surface area contributed by atoms with Crippen molar-refractivity contribution in [1.82, 2.24) is 9.97 Å². The fraction of sp³-hybridized carbons (Fsp3) is 0.333. The Kier molecular flexibility index (Phi) is 7.56. The standard InChI is InChI=1S/C20H19N3O2.C19H19N3O3/c1-12-10-13(6-9-21-12)18(24)22-14-2-5-16-17(11-14)23(15-3-4-15)19(25)20(16)7-8-20;1-19(2)15-4-3-13(21-17(23)12-5-7-20-8-6-12)9-16(15)22(18(19)24)14-10-25-11-14/h2,5-6,9-11,15H,3-4,7-8H2,1H3,(H,22,24);3-9,14H,10-11H2,1-2H3,(H,21,23). The van der Waals surface area contributed by atoms with Crippen molar-refractivity contribution >= 4 is 46.4 Å². The van der Waals surface area contributed by atoms with Gasteiger partial charge in [0.15, 0.2) is 0 Å². The van der Waals surface area contributed by atoms with Gasteiger partial charge in [-0.25, -0.2) is 0 Å². The van der Waals surface area contributed by atoms with E-state index < -0.39 is 5.41 Å². The van der Waals surface area contributed by atoms with Crippen LogP contribution < -0.4 is 20.4 Å². The number of nitrogens with zero attached hydrogens (tertiary/aromatic N) is 4. The van der Waals surface area contributed by atoms with Gasteiger partial charge in [-0.3, -0.25) is 29.1 Å². The Morgan fingerprint density at radius 1 is 0.740 bits per heavy atom. The molecule has 2 aliphatic carbocycles. The van der Waals surface area contributed by atoms with E-state index >= 15 is 0 Å². The van der Waals surface area contributed by atoms with Gasteiger partial charge >= 0.3 is 0 Å². The molecule has 50 heavy (non-hydrogen) atoms. The first-order valence-corrected chi connectivity index (χ1v) is 17.1. The topological polar surface area (TPSA) is 134 Å². The maximum atomic E-state index is 12.9. The molecule has 254 valence electrons. The largest absolute Gasteiger partial charge is 0.377 e. The highest BCUT2D eigenvalue weighted by Gasteiger charge is 2.61. The van der Waals surface area contributed by atoms with Crippen LogP contribution >= 0.6 is 0 Å². The van der Waals surface area contributed by atoms with Crippen molar-refractivity contribution in [2.24, 2.45) is 0 Å². The lowest BCUT2D eigenvalue weighted by molar-refractivity contribution is -0.124. The molecular formula is C39H38N6O5. The lowest BCUT2D eigenvalue weighted by Gasteiger charge is -2.35. The molecule has 0 bridgehead atoms. The average molecular weight is 671 g/mol. The van der Waals surface area contributed by atoms with Crippen LogP contribution in [0.2, 0.25) is 0 Å². The van der Waals surface area contributed by atoms with Gasteiger partial charge in [-0.2, -0.15) is 0 Å². The zero-order valence-electron chi connectivity index (χ0n) is 28.2. The SMILES string of the molecule is CC1(C)C(=O)N(C2COC2)c2cc(NC(=O)c3ccncc3)ccc21.Cc1cc(C(=O)Nc2ccc3c(c2)N(C2CC2)C(=O)C32CC2)ccn1.